The molecule has 6 nitrogen and oxygen atoms in total. The molecule has 2 aromatic heterocycles. The molecule has 0 unspecified atom stereocenters. The Balaban J connectivity index is 2.20. The first-order chi connectivity index (χ1) is 10.3. The van der Waals surface area contributed by atoms with Gasteiger partial charge in [0.25, 0.3) is 0 Å². The lowest BCUT2D eigenvalue weighted by atomic mass is 10.2. The molecule has 22 heavy (non-hydrogen) atoms. The summed E-state index contributed by atoms with van der Waals surface area (Å²) in [7, 11) is 1.60. The molecule has 0 fully saturated rings. The van der Waals surface area contributed by atoms with Crippen LogP contribution in [-0.4, -0.2) is 30.2 Å². The van der Waals surface area contributed by atoms with Gasteiger partial charge in [0.15, 0.2) is 0 Å². The highest BCUT2D eigenvalue weighted by molar-refractivity contribution is 7.99. The largest absolute Gasteiger partial charge is 0.451 e. The average Bonchev–Trinajstić information content (AvgIpc) is 2.83. The van der Waals surface area contributed by atoms with Crippen molar-refractivity contribution in [2.24, 2.45) is 7.05 Å². The van der Waals surface area contributed by atoms with Crippen LogP contribution in [0.25, 0.3) is 10.9 Å². The third kappa shape index (κ3) is 2.73. The van der Waals surface area contributed by atoms with Crippen LogP contribution in [0, 0.1) is 6.92 Å². The van der Waals surface area contributed by atoms with Crippen molar-refractivity contribution in [1.82, 2.24) is 30.2 Å². The maximum Gasteiger partial charge on any atom is 0.451 e. The third-order valence-corrected chi connectivity index (χ3v) is 3.87. The first-order valence-corrected chi connectivity index (χ1v) is 6.92. The molecule has 1 aromatic carbocycles. The predicted octanol–water partition coefficient (Wildman–Crippen LogP) is 2.63. The number of hydrogen-bond donors (Lipinski definition) is 0. The summed E-state index contributed by atoms with van der Waals surface area (Å²) in [5, 5.41) is 11.9. The minimum Gasteiger partial charge on any atom is -0.224 e. The fraction of sp³-hybridized carbons (Fsp3) is 0.250. The van der Waals surface area contributed by atoms with Gasteiger partial charge in [0.2, 0.25) is 11.0 Å². The molecule has 0 aliphatic carbocycles. The molecule has 0 spiro atoms. The van der Waals surface area contributed by atoms with Crippen LogP contribution in [0.15, 0.2) is 28.4 Å². The highest BCUT2D eigenvalue weighted by Gasteiger charge is 2.35. The highest BCUT2D eigenvalue weighted by Crippen LogP contribution is 2.34. The number of aryl methyl sites for hydroxylation is 2. The van der Waals surface area contributed by atoms with Crippen molar-refractivity contribution < 1.29 is 13.2 Å². The van der Waals surface area contributed by atoms with E-state index in [0.29, 0.717) is 10.5 Å². The molecule has 3 rings (SSSR count). The zero-order valence-corrected chi connectivity index (χ0v) is 12.3. The Morgan fingerprint density at radius 1 is 1.18 bits per heavy atom. The zero-order valence-electron chi connectivity index (χ0n) is 11.5. The fourth-order valence-electron chi connectivity index (χ4n) is 1.81. The molecule has 0 aliphatic rings. The predicted molar refractivity (Wildman–Crippen MR) is 72.2 cm³/mol. The smallest absolute Gasteiger partial charge is 0.224 e. The molecule has 0 saturated heterocycles. The van der Waals surface area contributed by atoms with Crippen LogP contribution in [0.1, 0.15) is 11.4 Å². The van der Waals surface area contributed by atoms with Crippen molar-refractivity contribution in [3.05, 3.63) is 29.6 Å². The van der Waals surface area contributed by atoms with Crippen LogP contribution in [-0.2, 0) is 13.2 Å². The minimum atomic E-state index is -4.62. The molecule has 3 aromatic rings. The van der Waals surface area contributed by atoms with E-state index in [1.165, 1.54) is 4.68 Å². The summed E-state index contributed by atoms with van der Waals surface area (Å²) >= 11 is 0.965. The summed E-state index contributed by atoms with van der Waals surface area (Å²) in [6.07, 6.45) is -4.62. The molecule has 2 heterocycles. The number of benzene rings is 1. The van der Waals surface area contributed by atoms with Gasteiger partial charge in [0, 0.05) is 12.4 Å². The van der Waals surface area contributed by atoms with Gasteiger partial charge in [-0.2, -0.15) is 13.2 Å². The van der Waals surface area contributed by atoms with Gasteiger partial charge in [0.1, 0.15) is 5.03 Å². The topological polar surface area (TPSA) is 69.4 Å². The molecule has 114 valence electrons. The number of aromatic nitrogens is 6. The summed E-state index contributed by atoms with van der Waals surface area (Å²) < 4.78 is 40.2. The number of tetrazole rings is 1. The van der Waals surface area contributed by atoms with Crippen molar-refractivity contribution in [2.45, 2.75) is 23.3 Å². The lowest BCUT2D eigenvalue weighted by Crippen LogP contribution is -2.12. The maximum absolute atomic E-state index is 13.0. The number of halogens is 3. The molecule has 0 bridgehead atoms. The molecule has 0 radical (unpaired) electrons. The van der Waals surface area contributed by atoms with Gasteiger partial charge in [-0.25, -0.2) is 14.6 Å². The second-order valence-electron chi connectivity index (χ2n) is 4.56. The van der Waals surface area contributed by atoms with E-state index in [2.05, 4.69) is 25.5 Å². The summed E-state index contributed by atoms with van der Waals surface area (Å²) in [6.45, 7) is 1.84. The monoisotopic (exact) mass is 326 g/mol. The van der Waals surface area contributed by atoms with Crippen molar-refractivity contribution in [3.63, 3.8) is 0 Å². The summed E-state index contributed by atoms with van der Waals surface area (Å²) in [6, 6.07) is 4.98. The molecule has 0 atom stereocenters. The Labute approximate surface area is 126 Å². The third-order valence-electron chi connectivity index (χ3n) is 2.84. The Morgan fingerprint density at radius 2 is 1.95 bits per heavy atom. The quantitative estimate of drug-likeness (QED) is 0.674. The Morgan fingerprint density at radius 3 is 2.59 bits per heavy atom. The van der Waals surface area contributed by atoms with Gasteiger partial charge >= 0.3 is 6.18 Å². The van der Waals surface area contributed by atoms with E-state index in [-0.39, 0.29) is 10.5 Å². The number of rotatable bonds is 2. The van der Waals surface area contributed by atoms with Crippen molar-refractivity contribution >= 4 is 22.7 Å². The molecule has 10 heteroatoms. The highest BCUT2D eigenvalue weighted by atomic mass is 32.2. The van der Waals surface area contributed by atoms with Crippen LogP contribution >= 0.6 is 11.8 Å². The molecule has 0 aliphatic heterocycles. The van der Waals surface area contributed by atoms with E-state index >= 15 is 0 Å². The Kier molecular flexibility index (Phi) is 3.47. The van der Waals surface area contributed by atoms with Gasteiger partial charge in [-0.1, -0.05) is 11.6 Å². The van der Waals surface area contributed by atoms with Gasteiger partial charge < -0.3 is 0 Å². The minimum absolute atomic E-state index is 0.166. The fourth-order valence-corrected chi connectivity index (χ4v) is 2.64. The van der Waals surface area contributed by atoms with Crippen LogP contribution in [0.2, 0.25) is 0 Å². The second-order valence-corrected chi connectivity index (χ2v) is 5.51. The van der Waals surface area contributed by atoms with E-state index in [4.69, 9.17) is 0 Å². The molecule has 0 saturated carbocycles. The molecule has 0 amide bonds. The van der Waals surface area contributed by atoms with Gasteiger partial charge in [-0.05, 0) is 41.2 Å². The van der Waals surface area contributed by atoms with Crippen LogP contribution < -0.4 is 0 Å². The summed E-state index contributed by atoms with van der Waals surface area (Å²) in [4.78, 5) is 7.24. The van der Waals surface area contributed by atoms with Crippen molar-refractivity contribution in [3.8, 4) is 0 Å². The number of nitrogens with zero attached hydrogens (tertiary/aromatic N) is 6. The zero-order chi connectivity index (χ0) is 15.9. The standard InChI is InChI=1S/C12H9F3N6S/c1-6-3-4-8-7(5-6)9(17-10(16-8)12(13,14)15)22-11-18-19-20-21(11)2/h3-5H,1-2H3. The van der Waals surface area contributed by atoms with Crippen LogP contribution in [0.5, 0.6) is 0 Å². The number of hydrogen-bond acceptors (Lipinski definition) is 6. The van der Waals surface area contributed by atoms with E-state index in [0.717, 1.165) is 17.3 Å². The Bertz CT molecular complexity index is 844. The first kappa shape index (κ1) is 14.7. The Hall–Kier alpha value is -2.23. The summed E-state index contributed by atoms with van der Waals surface area (Å²) in [5.41, 5.74) is 1.12. The van der Waals surface area contributed by atoms with Gasteiger partial charge in [0.05, 0.1) is 5.52 Å². The van der Waals surface area contributed by atoms with E-state index < -0.39 is 12.0 Å². The van der Waals surface area contributed by atoms with Crippen molar-refractivity contribution in [1.29, 1.82) is 0 Å². The van der Waals surface area contributed by atoms with E-state index in [9.17, 15) is 13.2 Å². The van der Waals surface area contributed by atoms with Crippen molar-refractivity contribution in [2.75, 3.05) is 0 Å². The lowest BCUT2D eigenvalue weighted by Gasteiger charge is -2.10. The number of fused-ring (bicyclic) bond motifs is 1. The first-order valence-electron chi connectivity index (χ1n) is 6.10. The van der Waals surface area contributed by atoms with E-state index in [1.54, 1.807) is 25.2 Å². The van der Waals surface area contributed by atoms with E-state index in [1.807, 2.05) is 6.92 Å². The maximum atomic E-state index is 13.0. The van der Waals surface area contributed by atoms with Gasteiger partial charge in [-0.3, -0.25) is 0 Å². The lowest BCUT2D eigenvalue weighted by molar-refractivity contribution is -0.145. The average molecular weight is 326 g/mol. The normalized spacial score (nSPS) is 12.0. The molecule has 0 N–H and O–H groups in total. The van der Waals surface area contributed by atoms with Crippen LogP contribution in [0.4, 0.5) is 13.2 Å². The number of alkyl halides is 3. The molecular formula is C12H9F3N6S. The summed E-state index contributed by atoms with van der Waals surface area (Å²) in [5.74, 6) is -1.18. The van der Waals surface area contributed by atoms with Gasteiger partial charge in [-0.15, -0.1) is 5.10 Å². The second kappa shape index (κ2) is 5.20. The van der Waals surface area contributed by atoms with Crippen LogP contribution in [0.3, 0.4) is 0 Å². The molecular weight excluding hydrogens is 317 g/mol. The SMILES string of the molecule is Cc1ccc2nc(C(F)(F)F)nc(Sc3nnnn3C)c2c1.